The largest absolute Gasteiger partial charge is 0.475 e. The molecule has 2 aromatic rings. The second kappa shape index (κ2) is 9.10. The average Bonchev–Trinajstić information content (AvgIpc) is 3.07. The summed E-state index contributed by atoms with van der Waals surface area (Å²) in [7, 11) is 0. The third-order valence-corrected chi connectivity index (χ3v) is 5.83. The maximum atomic E-state index is 13.1. The van der Waals surface area contributed by atoms with Crippen molar-refractivity contribution in [1.82, 2.24) is 14.9 Å². The van der Waals surface area contributed by atoms with Gasteiger partial charge >= 0.3 is 12.0 Å². The Kier molecular flexibility index (Phi) is 6.23. The van der Waals surface area contributed by atoms with Crippen molar-refractivity contribution < 1.29 is 23.9 Å². The lowest BCUT2D eigenvalue weighted by Gasteiger charge is -2.25. The van der Waals surface area contributed by atoms with Crippen molar-refractivity contribution in [2.75, 3.05) is 48.4 Å². The summed E-state index contributed by atoms with van der Waals surface area (Å²) in [6, 6.07) is 3.91. The monoisotopic (exact) mass is 474 g/mol. The summed E-state index contributed by atoms with van der Waals surface area (Å²) in [6.45, 7) is 4.76. The van der Waals surface area contributed by atoms with Crippen molar-refractivity contribution in [1.29, 1.82) is 0 Å². The van der Waals surface area contributed by atoms with Crippen molar-refractivity contribution in [3.8, 4) is 5.88 Å². The van der Waals surface area contributed by atoms with E-state index in [9.17, 15) is 14.4 Å². The number of hydrogen-bond donors (Lipinski definition) is 1. The van der Waals surface area contributed by atoms with Gasteiger partial charge in [-0.3, -0.25) is 9.69 Å². The number of esters is 1. The van der Waals surface area contributed by atoms with Crippen LogP contribution in [0.4, 0.5) is 22.0 Å². The molecule has 0 bridgehead atoms. The number of fused-ring (bicyclic) bond motifs is 1. The van der Waals surface area contributed by atoms with Gasteiger partial charge in [0.25, 0.3) is 5.91 Å². The normalized spacial score (nSPS) is 16.9. The first kappa shape index (κ1) is 22.6. The van der Waals surface area contributed by atoms with Gasteiger partial charge in [0.15, 0.2) is 0 Å². The quantitative estimate of drug-likeness (QED) is 0.650. The molecule has 2 aliphatic heterocycles. The summed E-state index contributed by atoms with van der Waals surface area (Å²) in [4.78, 5) is 50.4. The molecule has 1 unspecified atom stereocenters. The number of ether oxygens (including phenoxy) is 2. The molecule has 4 rings (SSSR count). The van der Waals surface area contributed by atoms with E-state index in [-0.39, 0.29) is 48.1 Å². The lowest BCUT2D eigenvalue weighted by atomic mass is 10.2. The van der Waals surface area contributed by atoms with E-state index in [4.69, 9.17) is 26.8 Å². The minimum Gasteiger partial charge on any atom is -0.475 e. The topological polar surface area (TPSA) is 131 Å². The molecule has 12 heteroatoms. The minimum atomic E-state index is -0.706. The molecule has 0 spiro atoms. The van der Waals surface area contributed by atoms with Crippen LogP contribution in [0.1, 0.15) is 24.2 Å². The third kappa shape index (κ3) is 4.11. The lowest BCUT2D eigenvalue weighted by Crippen LogP contribution is -2.43. The van der Waals surface area contributed by atoms with Crippen molar-refractivity contribution in [3.05, 3.63) is 35.1 Å². The number of nitrogen functional groups attached to an aromatic ring is 1. The summed E-state index contributed by atoms with van der Waals surface area (Å²) in [5.74, 6) is -0.704. The average molecular weight is 475 g/mol. The highest BCUT2D eigenvalue weighted by Crippen LogP contribution is 2.35. The molecular formula is C21H23ClN6O5. The zero-order valence-corrected chi connectivity index (χ0v) is 18.9. The van der Waals surface area contributed by atoms with Gasteiger partial charge in [-0.2, -0.15) is 0 Å². The Hall–Kier alpha value is -3.60. The van der Waals surface area contributed by atoms with Gasteiger partial charge < -0.3 is 25.0 Å². The van der Waals surface area contributed by atoms with E-state index in [1.54, 1.807) is 32.0 Å². The molecule has 3 heterocycles. The van der Waals surface area contributed by atoms with Gasteiger partial charge in [0, 0.05) is 18.8 Å². The van der Waals surface area contributed by atoms with Crippen LogP contribution in [0.15, 0.2) is 24.5 Å². The number of anilines is 3. The van der Waals surface area contributed by atoms with Crippen LogP contribution in [0.25, 0.3) is 0 Å². The highest BCUT2D eigenvalue weighted by Gasteiger charge is 2.37. The fourth-order valence-electron chi connectivity index (χ4n) is 3.82. The molecule has 2 aliphatic rings. The second-order valence-electron chi connectivity index (χ2n) is 7.44. The second-order valence-corrected chi connectivity index (χ2v) is 7.84. The fourth-order valence-corrected chi connectivity index (χ4v) is 4.10. The Balaban J connectivity index is 1.57. The van der Waals surface area contributed by atoms with Gasteiger partial charge in [-0.15, -0.1) is 0 Å². The number of benzene rings is 1. The number of carbonyl (C=O) groups is 3. The first-order valence-corrected chi connectivity index (χ1v) is 10.8. The van der Waals surface area contributed by atoms with Crippen LogP contribution in [0.2, 0.25) is 5.02 Å². The van der Waals surface area contributed by atoms with Crippen LogP contribution in [0.5, 0.6) is 5.88 Å². The van der Waals surface area contributed by atoms with Crippen molar-refractivity contribution >= 4 is 46.7 Å². The molecule has 0 radical (unpaired) electrons. The van der Waals surface area contributed by atoms with Crippen LogP contribution in [0, 0.1) is 0 Å². The predicted molar refractivity (Wildman–Crippen MR) is 121 cm³/mol. The number of halogens is 1. The zero-order valence-electron chi connectivity index (χ0n) is 18.2. The highest BCUT2D eigenvalue weighted by atomic mass is 35.5. The van der Waals surface area contributed by atoms with Crippen LogP contribution in [-0.4, -0.2) is 71.7 Å². The molecule has 0 saturated carbocycles. The Morgan fingerprint density at radius 3 is 2.76 bits per heavy atom. The van der Waals surface area contributed by atoms with Gasteiger partial charge in [0.1, 0.15) is 30.4 Å². The number of hydrogen-bond acceptors (Lipinski definition) is 8. The zero-order chi connectivity index (χ0) is 23.7. The van der Waals surface area contributed by atoms with E-state index in [0.29, 0.717) is 24.5 Å². The van der Waals surface area contributed by atoms with Gasteiger partial charge in [0.05, 0.1) is 23.9 Å². The van der Waals surface area contributed by atoms with E-state index in [1.807, 2.05) is 0 Å². The smallest absolute Gasteiger partial charge is 0.328 e. The number of carbonyl (C=O) groups excluding carboxylic acids is 3. The number of nitrogens with zero attached hydrogens (tertiary/aromatic N) is 5. The molecule has 3 amide bonds. The first-order chi connectivity index (χ1) is 15.8. The summed E-state index contributed by atoms with van der Waals surface area (Å²) in [5, 5.41) is 0.280. The highest BCUT2D eigenvalue weighted by molar-refractivity contribution is 6.34. The van der Waals surface area contributed by atoms with E-state index < -0.39 is 17.9 Å². The van der Waals surface area contributed by atoms with Crippen LogP contribution < -0.4 is 20.3 Å². The fraction of sp³-hybridized carbons (Fsp3) is 0.381. The van der Waals surface area contributed by atoms with Crippen LogP contribution in [0.3, 0.4) is 0 Å². The van der Waals surface area contributed by atoms with Gasteiger partial charge in [-0.05, 0) is 32.0 Å². The third-order valence-electron chi connectivity index (χ3n) is 5.52. The Morgan fingerprint density at radius 2 is 2.03 bits per heavy atom. The maximum Gasteiger partial charge on any atom is 0.328 e. The number of aromatic nitrogens is 2. The van der Waals surface area contributed by atoms with Crippen LogP contribution >= 0.6 is 11.6 Å². The molecule has 1 aromatic heterocycles. The molecule has 33 heavy (non-hydrogen) atoms. The van der Waals surface area contributed by atoms with E-state index in [2.05, 4.69) is 9.97 Å². The summed E-state index contributed by atoms with van der Waals surface area (Å²) < 4.78 is 10.6. The van der Waals surface area contributed by atoms with Crippen LogP contribution in [-0.2, 0) is 9.53 Å². The molecule has 1 atom stereocenters. The Labute approximate surface area is 195 Å². The number of urea groups is 1. The molecular weight excluding hydrogens is 452 g/mol. The Bertz CT molecular complexity index is 1110. The minimum absolute atomic E-state index is 0.0260. The van der Waals surface area contributed by atoms with Crippen molar-refractivity contribution in [3.63, 3.8) is 0 Å². The molecule has 2 N–H and O–H groups in total. The number of rotatable bonds is 5. The maximum absolute atomic E-state index is 13.1. The SMILES string of the molecule is CCOC(=O)C(C)N1CCN(c2ccc(N3CCOc4ncnc(N)c4C3=O)cc2Cl)C1=O. The van der Waals surface area contributed by atoms with Crippen molar-refractivity contribution in [2.24, 2.45) is 0 Å². The number of amides is 3. The summed E-state index contributed by atoms with van der Waals surface area (Å²) in [6.07, 6.45) is 1.24. The van der Waals surface area contributed by atoms with E-state index in [1.165, 1.54) is 21.0 Å². The summed E-state index contributed by atoms with van der Waals surface area (Å²) >= 11 is 6.53. The molecule has 1 saturated heterocycles. The van der Waals surface area contributed by atoms with Gasteiger partial charge in [-0.1, -0.05) is 11.6 Å². The lowest BCUT2D eigenvalue weighted by molar-refractivity contribution is -0.147. The van der Waals surface area contributed by atoms with E-state index >= 15 is 0 Å². The molecule has 11 nitrogen and oxygen atoms in total. The first-order valence-electron chi connectivity index (χ1n) is 10.4. The molecule has 174 valence electrons. The summed E-state index contributed by atoms with van der Waals surface area (Å²) in [5.41, 5.74) is 6.96. The van der Waals surface area contributed by atoms with E-state index in [0.717, 1.165) is 0 Å². The molecule has 1 fully saturated rings. The van der Waals surface area contributed by atoms with Gasteiger partial charge in [-0.25, -0.2) is 19.6 Å². The predicted octanol–water partition coefficient (Wildman–Crippen LogP) is 1.94. The number of nitrogens with two attached hydrogens (primary N) is 1. The van der Waals surface area contributed by atoms with Gasteiger partial charge in [0.2, 0.25) is 5.88 Å². The Morgan fingerprint density at radius 1 is 1.24 bits per heavy atom. The molecule has 1 aromatic carbocycles. The van der Waals surface area contributed by atoms with Crippen molar-refractivity contribution in [2.45, 2.75) is 19.9 Å². The standard InChI is InChI=1S/C21H23ClN6O5/c1-3-32-20(30)12(2)26-6-7-28(21(26)31)15-5-4-13(10-14(15)22)27-8-9-33-18-16(19(27)29)17(23)24-11-25-18/h4-5,10-12H,3,6-9H2,1-2H3,(H2,23,24,25). The molecule has 0 aliphatic carbocycles.